The van der Waals surface area contributed by atoms with E-state index in [0.717, 1.165) is 25.8 Å². The lowest BCUT2D eigenvalue weighted by Crippen LogP contribution is -2.10. The van der Waals surface area contributed by atoms with E-state index in [1.807, 2.05) is 18.2 Å². The summed E-state index contributed by atoms with van der Waals surface area (Å²) in [5.74, 6) is 0.541. The van der Waals surface area contributed by atoms with Crippen molar-refractivity contribution in [3.8, 4) is 0 Å². The number of nitrogens with one attached hydrogen (secondary N) is 2. The van der Waals surface area contributed by atoms with Gasteiger partial charge in [0.25, 0.3) is 0 Å². The molecule has 0 unspecified atom stereocenters. The van der Waals surface area contributed by atoms with Crippen molar-refractivity contribution in [2.45, 2.75) is 25.7 Å². The van der Waals surface area contributed by atoms with Crippen LogP contribution in [0.5, 0.6) is 0 Å². The molecule has 118 valence electrons. The Bertz CT molecular complexity index is 576. The molecule has 0 saturated carbocycles. The van der Waals surface area contributed by atoms with Crippen LogP contribution in [0.4, 0.5) is 10.3 Å². The number of rotatable bonds is 9. The quantitative estimate of drug-likeness (QED) is 0.542. The first-order chi connectivity index (χ1) is 10.8. The maximum absolute atomic E-state index is 11.7. The van der Waals surface area contributed by atoms with Crippen molar-refractivity contribution in [2.24, 2.45) is 0 Å². The zero-order valence-corrected chi connectivity index (χ0v) is 13.8. The largest absolute Gasteiger partial charge is 0.360 e. The van der Waals surface area contributed by atoms with Crippen molar-refractivity contribution in [3.63, 3.8) is 0 Å². The van der Waals surface area contributed by atoms with E-state index in [1.54, 1.807) is 0 Å². The highest BCUT2D eigenvalue weighted by molar-refractivity contribution is 7.19. The fourth-order valence-corrected chi connectivity index (χ4v) is 2.74. The van der Waals surface area contributed by atoms with Crippen LogP contribution in [0.15, 0.2) is 30.3 Å². The summed E-state index contributed by atoms with van der Waals surface area (Å²) in [5, 5.41) is 15.2. The molecule has 22 heavy (non-hydrogen) atoms. The third-order valence-electron chi connectivity index (χ3n) is 2.99. The molecule has 0 spiro atoms. The summed E-state index contributed by atoms with van der Waals surface area (Å²) in [6.45, 7) is 0.780. The number of aromatic nitrogens is 2. The minimum atomic E-state index is -0.0443. The molecule has 7 heteroatoms. The van der Waals surface area contributed by atoms with Crippen LogP contribution < -0.4 is 10.6 Å². The summed E-state index contributed by atoms with van der Waals surface area (Å²) in [6, 6.07) is 10.2. The Balaban J connectivity index is 1.71. The minimum absolute atomic E-state index is 0.0443. The molecule has 0 aliphatic heterocycles. The predicted molar refractivity (Wildman–Crippen MR) is 91.7 cm³/mol. The van der Waals surface area contributed by atoms with Crippen LogP contribution in [-0.2, 0) is 11.2 Å². The smallest absolute Gasteiger partial charge is 0.226 e. The maximum atomic E-state index is 11.7. The Morgan fingerprint density at radius 1 is 1.14 bits per heavy atom. The molecule has 1 aromatic carbocycles. The number of hydrogen-bond acceptors (Lipinski definition) is 5. The highest BCUT2D eigenvalue weighted by Crippen LogP contribution is 2.20. The van der Waals surface area contributed by atoms with Gasteiger partial charge in [-0.15, -0.1) is 21.8 Å². The second kappa shape index (κ2) is 9.38. The van der Waals surface area contributed by atoms with Gasteiger partial charge in [-0.1, -0.05) is 41.7 Å². The number of carbonyl (C=O) groups excluding carboxylic acids is 1. The van der Waals surface area contributed by atoms with Crippen molar-refractivity contribution in [1.82, 2.24) is 10.2 Å². The Morgan fingerprint density at radius 3 is 2.68 bits per heavy atom. The number of halogens is 1. The molecule has 1 amide bonds. The van der Waals surface area contributed by atoms with E-state index in [4.69, 9.17) is 11.6 Å². The van der Waals surface area contributed by atoms with Crippen LogP contribution in [-0.4, -0.2) is 28.5 Å². The van der Waals surface area contributed by atoms with E-state index >= 15 is 0 Å². The fraction of sp³-hybridized carbons (Fsp3) is 0.400. The predicted octanol–water partition coefficient (Wildman–Crippen LogP) is 3.54. The van der Waals surface area contributed by atoms with E-state index in [0.29, 0.717) is 22.6 Å². The van der Waals surface area contributed by atoms with Crippen LogP contribution in [0.25, 0.3) is 0 Å². The SMILES string of the molecule is O=C(CCCCCl)Nc1nnc(NCCc2ccccc2)s1. The molecule has 5 nitrogen and oxygen atoms in total. The van der Waals surface area contributed by atoms with Gasteiger partial charge < -0.3 is 10.6 Å². The number of nitrogens with zero attached hydrogens (tertiary/aromatic N) is 2. The van der Waals surface area contributed by atoms with Crippen molar-refractivity contribution < 1.29 is 4.79 Å². The Morgan fingerprint density at radius 2 is 1.91 bits per heavy atom. The average molecular weight is 339 g/mol. The van der Waals surface area contributed by atoms with Gasteiger partial charge in [0.1, 0.15) is 0 Å². The summed E-state index contributed by atoms with van der Waals surface area (Å²) >= 11 is 6.93. The third kappa shape index (κ3) is 5.99. The van der Waals surface area contributed by atoms with Gasteiger partial charge >= 0.3 is 0 Å². The topological polar surface area (TPSA) is 66.9 Å². The molecule has 0 aliphatic rings. The third-order valence-corrected chi connectivity index (χ3v) is 4.06. The zero-order chi connectivity index (χ0) is 15.6. The number of hydrogen-bond donors (Lipinski definition) is 2. The van der Waals surface area contributed by atoms with Gasteiger partial charge in [-0.25, -0.2) is 0 Å². The first-order valence-electron chi connectivity index (χ1n) is 7.25. The summed E-state index contributed by atoms with van der Waals surface area (Å²) < 4.78 is 0. The molecule has 1 heterocycles. The molecular formula is C15H19ClN4OS. The summed E-state index contributed by atoms with van der Waals surface area (Å²) in [5.41, 5.74) is 1.27. The fourth-order valence-electron chi connectivity index (χ4n) is 1.87. The molecule has 0 aliphatic carbocycles. The molecule has 2 aromatic rings. The molecule has 2 N–H and O–H groups in total. The average Bonchev–Trinajstić information content (AvgIpc) is 2.96. The molecular weight excluding hydrogens is 320 g/mol. The van der Waals surface area contributed by atoms with E-state index in [2.05, 4.69) is 33.0 Å². The molecule has 0 saturated heterocycles. The number of anilines is 2. The standard InChI is InChI=1S/C15H19ClN4OS/c16-10-5-4-8-13(21)18-15-20-19-14(22-15)17-11-9-12-6-2-1-3-7-12/h1-3,6-7H,4-5,8-11H2,(H,17,19)(H,18,20,21). The van der Waals surface area contributed by atoms with E-state index in [-0.39, 0.29) is 5.91 Å². The number of carbonyl (C=O) groups is 1. The molecule has 0 radical (unpaired) electrons. The summed E-state index contributed by atoms with van der Waals surface area (Å²) in [7, 11) is 0. The first kappa shape index (κ1) is 16.7. The monoisotopic (exact) mass is 338 g/mol. The van der Waals surface area contributed by atoms with Crippen molar-refractivity contribution in [1.29, 1.82) is 0 Å². The molecule has 1 aromatic heterocycles. The highest BCUT2D eigenvalue weighted by Gasteiger charge is 2.07. The molecule has 2 rings (SSSR count). The van der Waals surface area contributed by atoms with Crippen molar-refractivity contribution in [3.05, 3.63) is 35.9 Å². The van der Waals surface area contributed by atoms with Crippen LogP contribution in [0.2, 0.25) is 0 Å². The van der Waals surface area contributed by atoms with Gasteiger partial charge in [0.2, 0.25) is 16.2 Å². The Hall–Kier alpha value is -1.66. The van der Waals surface area contributed by atoms with Crippen LogP contribution in [0.3, 0.4) is 0 Å². The van der Waals surface area contributed by atoms with Gasteiger partial charge in [-0.3, -0.25) is 4.79 Å². The van der Waals surface area contributed by atoms with Crippen LogP contribution in [0, 0.1) is 0 Å². The maximum Gasteiger partial charge on any atom is 0.226 e. The number of alkyl halides is 1. The van der Waals surface area contributed by atoms with E-state index < -0.39 is 0 Å². The molecule has 0 fully saturated rings. The van der Waals surface area contributed by atoms with Crippen LogP contribution in [0.1, 0.15) is 24.8 Å². The Labute approximate surface area is 139 Å². The van der Waals surface area contributed by atoms with E-state index in [9.17, 15) is 4.79 Å². The van der Waals surface area contributed by atoms with Crippen molar-refractivity contribution >= 4 is 39.1 Å². The normalized spacial score (nSPS) is 10.4. The first-order valence-corrected chi connectivity index (χ1v) is 8.60. The molecule has 0 atom stereocenters. The van der Waals surface area contributed by atoms with Gasteiger partial charge in [0.15, 0.2) is 0 Å². The van der Waals surface area contributed by atoms with Gasteiger partial charge in [0.05, 0.1) is 0 Å². The summed E-state index contributed by atoms with van der Waals surface area (Å²) in [6.07, 6.45) is 3.01. The highest BCUT2D eigenvalue weighted by atomic mass is 35.5. The van der Waals surface area contributed by atoms with Gasteiger partial charge in [0, 0.05) is 18.8 Å². The van der Waals surface area contributed by atoms with Crippen LogP contribution >= 0.6 is 22.9 Å². The lowest BCUT2D eigenvalue weighted by atomic mass is 10.2. The van der Waals surface area contributed by atoms with E-state index in [1.165, 1.54) is 16.9 Å². The second-order valence-electron chi connectivity index (χ2n) is 4.77. The van der Waals surface area contributed by atoms with Gasteiger partial charge in [-0.05, 0) is 24.8 Å². The number of benzene rings is 1. The zero-order valence-electron chi connectivity index (χ0n) is 12.2. The lowest BCUT2D eigenvalue weighted by molar-refractivity contribution is -0.116. The second-order valence-corrected chi connectivity index (χ2v) is 6.12. The van der Waals surface area contributed by atoms with Gasteiger partial charge in [-0.2, -0.15) is 0 Å². The molecule has 0 bridgehead atoms. The van der Waals surface area contributed by atoms with Crippen molar-refractivity contribution in [2.75, 3.05) is 23.1 Å². The lowest BCUT2D eigenvalue weighted by Gasteiger charge is -2.02. The number of amides is 1. The minimum Gasteiger partial charge on any atom is -0.360 e. The summed E-state index contributed by atoms with van der Waals surface area (Å²) in [4.78, 5) is 11.7. The number of unbranched alkanes of at least 4 members (excludes halogenated alkanes) is 1. The Kier molecular flexibility index (Phi) is 7.12.